The van der Waals surface area contributed by atoms with Gasteiger partial charge in [0.15, 0.2) is 0 Å². The molecule has 0 aliphatic rings. The first-order valence-corrected chi connectivity index (χ1v) is 5.96. The highest BCUT2D eigenvalue weighted by molar-refractivity contribution is 6.30. The lowest BCUT2D eigenvalue weighted by atomic mass is 10.1. The number of halogens is 1. The summed E-state index contributed by atoms with van der Waals surface area (Å²) in [7, 11) is 0. The molecule has 0 saturated carbocycles. The summed E-state index contributed by atoms with van der Waals surface area (Å²) in [6.07, 6.45) is 0. The summed E-state index contributed by atoms with van der Waals surface area (Å²) in [6.45, 7) is 1.81. The van der Waals surface area contributed by atoms with Crippen molar-refractivity contribution in [2.75, 3.05) is 0 Å². The van der Waals surface area contributed by atoms with E-state index in [-0.39, 0.29) is 0 Å². The molecule has 0 unspecified atom stereocenters. The fraction of sp³-hybridized carbons (Fsp3) is 0.0667. The van der Waals surface area contributed by atoms with Gasteiger partial charge < -0.3 is 4.74 Å². The van der Waals surface area contributed by atoms with Crippen LogP contribution in [0.15, 0.2) is 42.5 Å². The van der Waals surface area contributed by atoms with Gasteiger partial charge in [-0.05, 0) is 48.9 Å². The summed E-state index contributed by atoms with van der Waals surface area (Å²) in [6, 6.07) is 13.4. The monoisotopic (exact) mass is 271 g/mol. The number of nitriles is 1. The Morgan fingerprint density at radius 3 is 2.74 bits per heavy atom. The van der Waals surface area contributed by atoms with Crippen LogP contribution in [0.3, 0.4) is 0 Å². The van der Waals surface area contributed by atoms with Gasteiger partial charge in [-0.1, -0.05) is 17.7 Å². The van der Waals surface area contributed by atoms with Crippen molar-refractivity contribution in [3.8, 4) is 11.8 Å². The SMILES string of the molecule is Cc1cc(Cl)ccc1OC(=O)c1cccc(C#N)c1. The Hall–Kier alpha value is -2.31. The molecule has 4 heteroatoms. The topological polar surface area (TPSA) is 50.1 Å². The minimum absolute atomic E-state index is 0.341. The number of hydrogen-bond acceptors (Lipinski definition) is 3. The van der Waals surface area contributed by atoms with Crippen molar-refractivity contribution in [2.45, 2.75) is 6.92 Å². The molecule has 0 radical (unpaired) electrons. The smallest absolute Gasteiger partial charge is 0.343 e. The Kier molecular flexibility index (Phi) is 3.84. The molecule has 0 heterocycles. The van der Waals surface area contributed by atoms with Crippen LogP contribution in [-0.2, 0) is 0 Å². The third kappa shape index (κ3) is 3.12. The molecule has 0 aromatic heterocycles. The number of ether oxygens (including phenoxy) is 1. The fourth-order valence-corrected chi connectivity index (χ4v) is 1.83. The van der Waals surface area contributed by atoms with Crippen LogP contribution in [-0.4, -0.2) is 5.97 Å². The van der Waals surface area contributed by atoms with Gasteiger partial charge in [0.2, 0.25) is 0 Å². The Morgan fingerprint density at radius 2 is 2.05 bits per heavy atom. The Bertz CT molecular complexity index is 674. The molecule has 3 nitrogen and oxygen atoms in total. The average Bonchev–Trinajstić information content (AvgIpc) is 2.42. The summed E-state index contributed by atoms with van der Waals surface area (Å²) in [4.78, 5) is 12.0. The van der Waals surface area contributed by atoms with Crippen LogP contribution in [0.2, 0.25) is 5.02 Å². The molecule has 2 aromatic rings. The highest BCUT2D eigenvalue weighted by atomic mass is 35.5. The maximum absolute atomic E-state index is 12.0. The number of carbonyl (C=O) groups is 1. The van der Waals surface area contributed by atoms with Gasteiger partial charge in [-0.2, -0.15) is 5.26 Å². The lowest BCUT2D eigenvalue weighted by Crippen LogP contribution is -2.09. The third-order valence-corrected chi connectivity index (χ3v) is 2.80. The fourth-order valence-electron chi connectivity index (χ4n) is 1.60. The second-order valence-corrected chi connectivity index (χ2v) is 4.43. The number of nitrogens with zero attached hydrogens (tertiary/aromatic N) is 1. The molecule has 0 bridgehead atoms. The second kappa shape index (κ2) is 5.55. The molecule has 0 spiro atoms. The summed E-state index contributed by atoms with van der Waals surface area (Å²) in [5.74, 6) is -0.0423. The number of benzene rings is 2. The lowest BCUT2D eigenvalue weighted by molar-refractivity contribution is 0.0733. The van der Waals surface area contributed by atoms with Crippen LogP contribution in [0.4, 0.5) is 0 Å². The number of carbonyl (C=O) groups excluding carboxylic acids is 1. The van der Waals surface area contributed by atoms with Crippen molar-refractivity contribution in [3.05, 3.63) is 64.2 Å². The van der Waals surface area contributed by atoms with E-state index in [1.807, 2.05) is 6.07 Å². The van der Waals surface area contributed by atoms with Crippen molar-refractivity contribution in [2.24, 2.45) is 0 Å². The zero-order chi connectivity index (χ0) is 13.8. The van der Waals surface area contributed by atoms with Gasteiger partial charge in [-0.3, -0.25) is 0 Å². The molecule has 94 valence electrons. The summed E-state index contributed by atoms with van der Waals surface area (Å²) < 4.78 is 5.28. The van der Waals surface area contributed by atoms with E-state index in [0.717, 1.165) is 5.56 Å². The lowest BCUT2D eigenvalue weighted by Gasteiger charge is -2.07. The van der Waals surface area contributed by atoms with Gasteiger partial charge in [0.05, 0.1) is 17.2 Å². The number of aryl methyl sites for hydroxylation is 1. The van der Waals surface area contributed by atoms with E-state index < -0.39 is 5.97 Å². The van der Waals surface area contributed by atoms with Crippen molar-refractivity contribution < 1.29 is 9.53 Å². The second-order valence-electron chi connectivity index (χ2n) is 3.99. The van der Waals surface area contributed by atoms with Crippen molar-refractivity contribution in [1.29, 1.82) is 5.26 Å². The Labute approximate surface area is 116 Å². The zero-order valence-corrected chi connectivity index (χ0v) is 10.9. The summed E-state index contributed by atoms with van der Waals surface area (Å²) in [5, 5.41) is 9.38. The highest BCUT2D eigenvalue weighted by Gasteiger charge is 2.11. The maximum Gasteiger partial charge on any atom is 0.343 e. The molecule has 2 aromatic carbocycles. The number of rotatable bonds is 2. The molecule has 19 heavy (non-hydrogen) atoms. The van der Waals surface area contributed by atoms with Gasteiger partial charge in [0.25, 0.3) is 0 Å². The summed E-state index contributed by atoms with van der Waals surface area (Å²) >= 11 is 5.83. The zero-order valence-electron chi connectivity index (χ0n) is 10.2. The van der Waals surface area contributed by atoms with Crippen LogP contribution in [0.1, 0.15) is 21.5 Å². The predicted molar refractivity (Wildman–Crippen MR) is 72.3 cm³/mol. The molecule has 0 amide bonds. The largest absolute Gasteiger partial charge is 0.423 e. The predicted octanol–water partition coefficient (Wildman–Crippen LogP) is 3.74. The number of esters is 1. The molecular weight excluding hydrogens is 262 g/mol. The van der Waals surface area contributed by atoms with Gasteiger partial charge in [-0.15, -0.1) is 0 Å². The molecule has 0 aliphatic heterocycles. The van der Waals surface area contributed by atoms with E-state index in [4.69, 9.17) is 21.6 Å². The molecule has 0 fully saturated rings. The van der Waals surface area contributed by atoms with Crippen LogP contribution in [0.25, 0.3) is 0 Å². The van der Waals surface area contributed by atoms with Gasteiger partial charge >= 0.3 is 5.97 Å². The van der Waals surface area contributed by atoms with Crippen molar-refractivity contribution in [1.82, 2.24) is 0 Å². The first kappa shape index (κ1) is 13.1. The van der Waals surface area contributed by atoms with Gasteiger partial charge in [-0.25, -0.2) is 4.79 Å². The first-order chi connectivity index (χ1) is 9.10. The quantitative estimate of drug-likeness (QED) is 0.617. The molecule has 0 N–H and O–H groups in total. The van der Waals surface area contributed by atoms with E-state index in [1.165, 1.54) is 6.07 Å². The van der Waals surface area contributed by atoms with E-state index in [2.05, 4.69) is 0 Å². The van der Waals surface area contributed by atoms with E-state index in [0.29, 0.717) is 21.9 Å². The van der Waals surface area contributed by atoms with E-state index >= 15 is 0 Å². The Morgan fingerprint density at radius 1 is 1.26 bits per heavy atom. The third-order valence-electron chi connectivity index (χ3n) is 2.57. The van der Waals surface area contributed by atoms with Crippen molar-refractivity contribution in [3.63, 3.8) is 0 Å². The number of hydrogen-bond donors (Lipinski definition) is 0. The molecular formula is C15H10ClNO2. The van der Waals surface area contributed by atoms with Crippen LogP contribution in [0, 0.1) is 18.3 Å². The van der Waals surface area contributed by atoms with Crippen LogP contribution >= 0.6 is 11.6 Å². The minimum atomic E-state index is -0.498. The van der Waals surface area contributed by atoms with Crippen molar-refractivity contribution >= 4 is 17.6 Å². The highest BCUT2D eigenvalue weighted by Crippen LogP contribution is 2.22. The average molecular weight is 272 g/mol. The van der Waals surface area contributed by atoms with Gasteiger partial charge in [0, 0.05) is 5.02 Å². The summed E-state index contributed by atoms with van der Waals surface area (Å²) in [5.41, 5.74) is 1.54. The minimum Gasteiger partial charge on any atom is -0.423 e. The van der Waals surface area contributed by atoms with E-state index in [9.17, 15) is 4.79 Å². The molecule has 0 atom stereocenters. The molecule has 0 saturated heterocycles. The normalized spacial score (nSPS) is 9.74. The molecule has 2 rings (SSSR count). The Balaban J connectivity index is 2.23. The first-order valence-electron chi connectivity index (χ1n) is 5.58. The van der Waals surface area contributed by atoms with E-state index in [1.54, 1.807) is 43.3 Å². The maximum atomic E-state index is 12.0. The standard InChI is InChI=1S/C15H10ClNO2/c1-10-7-13(16)5-6-14(10)19-15(18)12-4-2-3-11(8-12)9-17/h2-8H,1H3. The van der Waals surface area contributed by atoms with Crippen LogP contribution < -0.4 is 4.74 Å². The van der Waals surface area contributed by atoms with Crippen LogP contribution in [0.5, 0.6) is 5.75 Å². The molecule has 0 aliphatic carbocycles. The van der Waals surface area contributed by atoms with Gasteiger partial charge in [0.1, 0.15) is 5.75 Å².